The van der Waals surface area contributed by atoms with E-state index in [9.17, 15) is 18.0 Å². The Hall–Kier alpha value is -3.24. The maximum absolute atomic E-state index is 12.5. The molecule has 1 amide bonds. The van der Waals surface area contributed by atoms with Crippen LogP contribution in [0.2, 0.25) is 0 Å². The van der Waals surface area contributed by atoms with Gasteiger partial charge in [0.05, 0.1) is 18.1 Å². The fourth-order valence-corrected chi connectivity index (χ4v) is 3.68. The number of fused-ring (bicyclic) bond motifs is 1. The Balaban J connectivity index is 0.000000318. The van der Waals surface area contributed by atoms with E-state index >= 15 is 0 Å². The van der Waals surface area contributed by atoms with Gasteiger partial charge in [-0.1, -0.05) is 0 Å². The van der Waals surface area contributed by atoms with Crippen LogP contribution >= 0.6 is 0 Å². The molecule has 2 aromatic heterocycles. The number of aliphatic carboxylic acids is 1. The van der Waals surface area contributed by atoms with Gasteiger partial charge in [-0.2, -0.15) is 13.2 Å². The molecule has 4 rings (SSSR count). The van der Waals surface area contributed by atoms with Crippen molar-refractivity contribution in [3.8, 4) is 0 Å². The fourth-order valence-electron chi connectivity index (χ4n) is 3.68. The summed E-state index contributed by atoms with van der Waals surface area (Å²) < 4.78 is 31.7. The van der Waals surface area contributed by atoms with Gasteiger partial charge >= 0.3 is 12.1 Å². The third-order valence-corrected chi connectivity index (χ3v) is 5.12. The van der Waals surface area contributed by atoms with E-state index in [0.29, 0.717) is 17.5 Å². The lowest BCUT2D eigenvalue weighted by molar-refractivity contribution is -0.192. The second-order valence-electron chi connectivity index (χ2n) is 7.07. The molecular formula is C19H20F3N5O3. The molecule has 2 aliphatic heterocycles. The summed E-state index contributed by atoms with van der Waals surface area (Å²) in [4.78, 5) is 38.1. The number of anilines is 1. The molecule has 1 N–H and O–H groups in total. The molecule has 0 bridgehead atoms. The van der Waals surface area contributed by atoms with Gasteiger partial charge in [-0.15, -0.1) is 0 Å². The molecule has 8 nitrogen and oxygen atoms in total. The topological polar surface area (TPSA) is 99.5 Å². The van der Waals surface area contributed by atoms with Crippen LogP contribution in [0.15, 0.2) is 43.1 Å². The number of hydrogen-bond donors (Lipinski definition) is 1. The van der Waals surface area contributed by atoms with Crippen molar-refractivity contribution in [2.45, 2.75) is 12.6 Å². The summed E-state index contributed by atoms with van der Waals surface area (Å²) in [5.41, 5.74) is 1.61. The van der Waals surface area contributed by atoms with Crippen LogP contribution in [0.25, 0.3) is 0 Å². The van der Waals surface area contributed by atoms with Gasteiger partial charge in [0.15, 0.2) is 0 Å². The van der Waals surface area contributed by atoms with E-state index in [4.69, 9.17) is 9.90 Å². The van der Waals surface area contributed by atoms with Crippen molar-refractivity contribution in [3.63, 3.8) is 0 Å². The van der Waals surface area contributed by atoms with E-state index in [0.717, 1.165) is 32.6 Å². The summed E-state index contributed by atoms with van der Waals surface area (Å²) in [6.07, 6.45) is 4.45. The number of pyridine rings is 1. The molecular weight excluding hydrogens is 403 g/mol. The smallest absolute Gasteiger partial charge is 0.475 e. The van der Waals surface area contributed by atoms with Crippen molar-refractivity contribution >= 4 is 17.6 Å². The minimum atomic E-state index is -5.08. The predicted octanol–water partition coefficient (Wildman–Crippen LogP) is 2.10. The Morgan fingerprint density at radius 1 is 1.03 bits per heavy atom. The Bertz CT molecular complexity index is 867. The number of carboxylic acid groups (broad SMARTS) is 1. The number of halogens is 3. The van der Waals surface area contributed by atoms with E-state index in [1.54, 1.807) is 24.8 Å². The monoisotopic (exact) mass is 423 g/mol. The second kappa shape index (κ2) is 9.06. The largest absolute Gasteiger partial charge is 0.490 e. The Labute approximate surface area is 170 Å². The lowest BCUT2D eigenvalue weighted by Crippen LogP contribution is -2.40. The third-order valence-electron chi connectivity index (χ3n) is 5.12. The first kappa shape index (κ1) is 21.5. The Morgan fingerprint density at radius 2 is 1.73 bits per heavy atom. The number of carboxylic acids is 1. The van der Waals surface area contributed by atoms with Crippen molar-refractivity contribution in [2.24, 2.45) is 11.8 Å². The number of piperidine rings is 1. The number of nitrogens with zero attached hydrogens (tertiary/aromatic N) is 5. The highest BCUT2D eigenvalue weighted by atomic mass is 19.4. The van der Waals surface area contributed by atoms with E-state index in [2.05, 4.69) is 25.9 Å². The number of aromatic nitrogens is 3. The second-order valence-corrected chi connectivity index (χ2v) is 7.07. The Morgan fingerprint density at radius 3 is 2.33 bits per heavy atom. The zero-order valence-corrected chi connectivity index (χ0v) is 15.9. The number of amides is 1. The minimum absolute atomic E-state index is 0.000396. The molecule has 30 heavy (non-hydrogen) atoms. The number of carbonyl (C=O) groups is 2. The number of rotatable bonds is 2. The molecule has 0 aliphatic carbocycles. The third kappa shape index (κ3) is 5.22. The molecule has 0 spiro atoms. The highest BCUT2D eigenvalue weighted by Crippen LogP contribution is 2.33. The summed E-state index contributed by atoms with van der Waals surface area (Å²) in [5.74, 6) is -1.65. The van der Waals surface area contributed by atoms with Gasteiger partial charge in [-0.25, -0.2) is 9.78 Å². The van der Waals surface area contributed by atoms with Crippen LogP contribution in [-0.4, -0.2) is 69.2 Å². The van der Waals surface area contributed by atoms with Gasteiger partial charge in [0.2, 0.25) is 0 Å². The minimum Gasteiger partial charge on any atom is -0.475 e. The first-order valence-corrected chi connectivity index (χ1v) is 9.26. The summed E-state index contributed by atoms with van der Waals surface area (Å²) in [6, 6.07) is 4.07. The van der Waals surface area contributed by atoms with E-state index in [1.165, 1.54) is 5.69 Å². The maximum atomic E-state index is 12.5. The van der Waals surface area contributed by atoms with Crippen LogP contribution in [0.3, 0.4) is 0 Å². The van der Waals surface area contributed by atoms with E-state index in [1.807, 2.05) is 17.2 Å². The van der Waals surface area contributed by atoms with Gasteiger partial charge < -0.3 is 14.9 Å². The first-order valence-electron chi connectivity index (χ1n) is 9.26. The average molecular weight is 423 g/mol. The van der Waals surface area contributed by atoms with Crippen molar-refractivity contribution in [2.75, 3.05) is 31.1 Å². The highest BCUT2D eigenvalue weighted by molar-refractivity contribution is 5.92. The summed E-state index contributed by atoms with van der Waals surface area (Å²) in [5, 5.41) is 7.12. The Kier molecular flexibility index (Phi) is 6.48. The molecule has 0 radical (unpaired) electrons. The zero-order valence-electron chi connectivity index (χ0n) is 15.9. The quantitative estimate of drug-likeness (QED) is 0.790. The van der Waals surface area contributed by atoms with Crippen LogP contribution in [0.4, 0.5) is 18.9 Å². The first-order chi connectivity index (χ1) is 14.3. The predicted molar refractivity (Wildman–Crippen MR) is 99.7 cm³/mol. The molecule has 0 saturated carbocycles. The van der Waals surface area contributed by atoms with Gasteiger partial charge in [0, 0.05) is 44.8 Å². The molecule has 2 atom stereocenters. The summed E-state index contributed by atoms with van der Waals surface area (Å²) in [6.45, 7) is 3.65. The molecule has 0 unspecified atom stereocenters. The van der Waals surface area contributed by atoms with Crippen LogP contribution < -0.4 is 4.90 Å². The molecule has 160 valence electrons. The number of alkyl halides is 3. The van der Waals surface area contributed by atoms with Crippen molar-refractivity contribution in [1.82, 2.24) is 19.9 Å². The van der Waals surface area contributed by atoms with Crippen LogP contribution in [0, 0.1) is 11.8 Å². The van der Waals surface area contributed by atoms with Crippen molar-refractivity contribution < 1.29 is 27.9 Å². The van der Waals surface area contributed by atoms with Crippen LogP contribution in [-0.2, 0) is 4.79 Å². The summed E-state index contributed by atoms with van der Waals surface area (Å²) in [7, 11) is 0. The summed E-state index contributed by atoms with van der Waals surface area (Å²) >= 11 is 0. The van der Waals surface area contributed by atoms with Gasteiger partial charge in [0.1, 0.15) is 5.69 Å². The van der Waals surface area contributed by atoms with Crippen LogP contribution in [0.5, 0.6) is 0 Å². The van der Waals surface area contributed by atoms with Crippen molar-refractivity contribution in [1.29, 1.82) is 0 Å². The number of likely N-dealkylation sites (tertiary alicyclic amines) is 1. The molecule has 4 heterocycles. The lowest BCUT2D eigenvalue weighted by atomic mass is 9.88. The zero-order chi connectivity index (χ0) is 21.7. The number of hydrogen-bond acceptors (Lipinski definition) is 6. The molecule has 2 aliphatic rings. The SMILES string of the molecule is O=C(O)C(F)(F)F.O=C(c1cnccn1)N1C[C@@H]2CCN(c3cccnc3)C[C@@H]2C1. The molecule has 2 fully saturated rings. The maximum Gasteiger partial charge on any atom is 0.490 e. The van der Waals surface area contributed by atoms with Gasteiger partial charge in [-0.05, 0) is 30.4 Å². The van der Waals surface area contributed by atoms with E-state index in [-0.39, 0.29) is 5.91 Å². The van der Waals surface area contributed by atoms with Gasteiger partial charge in [0.25, 0.3) is 5.91 Å². The van der Waals surface area contributed by atoms with Crippen molar-refractivity contribution in [3.05, 3.63) is 48.8 Å². The molecule has 0 aromatic carbocycles. The van der Waals surface area contributed by atoms with Gasteiger partial charge in [-0.3, -0.25) is 14.8 Å². The molecule has 2 saturated heterocycles. The standard InChI is InChI=1S/C17H19N5O.C2HF3O2/c23-17(16-9-19-5-6-20-16)22-10-13-3-7-21(11-14(13)12-22)15-2-1-4-18-8-15;3-2(4,5)1(6)7/h1-2,4-6,8-9,13-14H,3,7,10-12H2;(H,6,7)/t13-,14+;/m0./s1. The van der Waals surface area contributed by atoms with E-state index < -0.39 is 12.1 Å². The number of carbonyl (C=O) groups excluding carboxylic acids is 1. The van der Waals surface area contributed by atoms with Crippen LogP contribution in [0.1, 0.15) is 16.9 Å². The molecule has 2 aromatic rings. The highest BCUT2D eigenvalue weighted by Gasteiger charge is 2.39. The lowest BCUT2D eigenvalue weighted by Gasteiger charge is -2.35. The normalized spacial score (nSPS) is 20.8. The fraction of sp³-hybridized carbons (Fsp3) is 0.421. The molecule has 11 heteroatoms. The average Bonchev–Trinajstić information content (AvgIpc) is 3.17.